The monoisotopic (exact) mass is 349 g/mol. The van der Waals surface area contributed by atoms with E-state index in [4.69, 9.17) is 4.74 Å². The van der Waals surface area contributed by atoms with Gasteiger partial charge < -0.3 is 10.1 Å². The molecule has 134 valence electrons. The third-order valence-electron chi connectivity index (χ3n) is 4.76. The van der Waals surface area contributed by atoms with Crippen LogP contribution in [0.1, 0.15) is 36.0 Å². The average molecular weight is 349 g/mol. The standard InChI is InChI=1S/C20H22F3NO/c1-13-11-17(13)18-12-14(3-8-19(18)25-2)9-10-24-16-6-4-15(5-7-16)20(21,22)23/h3-8,12-13,17,24H,9-11H2,1-2H3. The van der Waals surface area contributed by atoms with E-state index in [1.165, 1.54) is 29.7 Å². The Balaban J connectivity index is 1.59. The van der Waals surface area contributed by atoms with Crippen molar-refractivity contribution in [3.05, 3.63) is 59.2 Å². The predicted molar refractivity (Wildman–Crippen MR) is 93.2 cm³/mol. The van der Waals surface area contributed by atoms with Crippen LogP contribution in [0.4, 0.5) is 18.9 Å². The smallest absolute Gasteiger partial charge is 0.416 e. The van der Waals surface area contributed by atoms with Gasteiger partial charge in [-0.05, 0) is 66.1 Å². The molecule has 1 fully saturated rings. The normalized spacial score (nSPS) is 19.6. The number of hydrogen-bond acceptors (Lipinski definition) is 2. The highest BCUT2D eigenvalue weighted by Gasteiger charge is 2.36. The predicted octanol–water partition coefficient (Wildman–Crippen LogP) is 5.49. The molecule has 1 aliphatic rings. The number of alkyl halides is 3. The summed E-state index contributed by atoms with van der Waals surface area (Å²) in [5.41, 5.74) is 2.53. The van der Waals surface area contributed by atoms with E-state index in [2.05, 4.69) is 18.3 Å². The fraction of sp³-hybridized carbons (Fsp3) is 0.400. The van der Waals surface area contributed by atoms with Crippen molar-refractivity contribution in [2.24, 2.45) is 5.92 Å². The maximum absolute atomic E-state index is 12.6. The van der Waals surface area contributed by atoms with Gasteiger partial charge in [-0.25, -0.2) is 0 Å². The van der Waals surface area contributed by atoms with E-state index >= 15 is 0 Å². The lowest BCUT2D eigenvalue weighted by atomic mass is 10.0. The zero-order valence-electron chi connectivity index (χ0n) is 14.4. The van der Waals surface area contributed by atoms with Gasteiger partial charge in [0.15, 0.2) is 0 Å². The third-order valence-corrected chi connectivity index (χ3v) is 4.76. The van der Waals surface area contributed by atoms with Crippen LogP contribution in [-0.4, -0.2) is 13.7 Å². The van der Waals surface area contributed by atoms with Gasteiger partial charge >= 0.3 is 6.18 Å². The summed E-state index contributed by atoms with van der Waals surface area (Å²) >= 11 is 0. The second-order valence-electron chi connectivity index (χ2n) is 6.65. The summed E-state index contributed by atoms with van der Waals surface area (Å²) in [6.07, 6.45) is -2.29. The second kappa shape index (κ2) is 6.98. The van der Waals surface area contributed by atoms with Crippen LogP contribution in [0.3, 0.4) is 0 Å². The lowest BCUT2D eigenvalue weighted by Crippen LogP contribution is -2.07. The van der Waals surface area contributed by atoms with Gasteiger partial charge in [-0.3, -0.25) is 0 Å². The Morgan fingerprint density at radius 1 is 1.12 bits per heavy atom. The Morgan fingerprint density at radius 2 is 1.80 bits per heavy atom. The van der Waals surface area contributed by atoms with Gasteiger partial charge in [-0.15, -0.1) is 0 Å². The van der Waals surface area contributed by atoms with Crippen molar-refractivity contribution >= 4 is 5.69 Å². The minimum atomic E-state index is -4.29. The van der Waals surface area contributed by atoms with Crippen LogP contribution in [-0.2, 0) is 12.6 Å². The van der Waals surface area contributed by atoms with Gasteiger partial charge in [0.1, 0.15) is 5.75 Å². The summed E-state index contributed by atoms with van der Waals surface area (Å²) in [5.74, 6) is 2.22. The molecule has 2 unspecified atom stereocenters. The number of hydrogen-bond donors (Lipinski definition) is 1. The van der Waals surface area contributed by atoms with Gasteiger partial charge in [0.05, 0.1) is 12.7 Å². The molecular formula is C20H22F3NO. The fourth-order valence-electron chi connectivity index (χ4n) is 3.11. The van der Waals surface area contributed by atoms with Crippen molar-refractivity contribution in [3.8, 4) is 5.75 Å². The van der Waals surface area contributed by atoms with Gasteiger partial charge in [0, 0.05) is 12.2 Å². The summed E-state index contributed by atoms with van der Waals surface area (Å²) in [7, 11) is 1.69. The second-order valence-corrected chi connectivity index (χ2v) is 6.65. The molecule has 1 aliphatic carbocycles. The van der Waals surface area contributed by atoms with E-state index in [0.717, 1.165) is 24.3 Å². The zero-order valence-corrected chi connectivity index (χ0v) is 14.4. The first-order valence-corrected chi connectivity index (χ1v) is 8.46. The average Bonchev–Trinajstić information content (AvgIpc) is 3.31. The SMILES string of the molecule is COc1ccc(CCNc2ccc(C(F)(F)F)cc2)cc1C1CC1C. The zero-order chi connectivity index (χ0) is 18.0. The van der Waals surface area contributed by atoms with Gasteiger partial charge in [0.2, 0.25) is 0 Å². The van der Waals surface area contributed by atoms with Crippen LogP contribution < -0.4 is 10.1 Å². The van der Waals surface area contributed by atoms with Gasteiger partial charge in [-0.2, -0.15) is 13.2 Å². The first-order valence-electron chi connectivity index (χ1n) is 8.46. The largest absolute Gasteiger partial charge is 0.496 e. The molecule has 0 aliphatic heterocycles. The lowest BCUT2D eigenvalue weighted by molar-refractivity contribution is -0.137. The number of nitrogens with one attached hydrogen (secondary N) is 1. The highest BCUT2D eigenvalue weighted by molar-refractivity contribution is 5.46. The minimum absolute atomic E-state index is 0.581. The number of methoxy groups -OCH3 is 1. The maximum Gasteiger partial charge on any atom is 0.416 e. The summed E-state index contributed by atoms with van der Waals surface area (Å²) < 4.78 is 43.1. The Morgan fingerprint density at radius 3 is 2.36 bits per heavy atom. The van der Waals surface area contributed by atoms with E-state index < -0.39 is 11.7 Å². The van der Waals surface area contributed by atoms with Crippen molar-refractivity contribution < 1.29 is 17.9 Å². The van der Waals surface area contributed by atoms with E-state index in [1.807, 2.05) is 12.1 Å². The Bertz CT molecular complexity index is 725. The van der Waals surface area contributed by atoms with E-state index in [1.54, 1.807) is 7.11 Å². The van der Waals surface area contributed by atoms with Gasteiger partial charge in [0.25, 0.3) is 0 Å². The number of halogens is 3. The summed E-state index contributed by atoms with van der Waals surface area (Å²) in [6.45, 7) is 2.90. The van der Waals surface area contributed by atoms with Crippen LogP contribution in [0.25, 0.3) is 0 Å². The highest BCUT2D eigenvalue weighted by Crippen LogP contribution is 2.50. The lowest BCUT2D eigenvalue weighted by Gasteiger charge is -2.12. The van der Waals surface area contributed by atoms with Crippen molar-refractivity contribution in [2.45, 2.75) is 31.9 Å². The Hall–Kier alpha value is -2.17. The van der Waals surface area contributed by atoms with Gasteiger partial charge in [-0.1, -0.05) is 19.1 Å². The number of rotatable bonds is 6. The van der Waals surface area contributed by atoms with Crippen LogP contribution >= 0.6 is 0 Å². The van der Waals surface area contributed by atoms with E-state index in [9.17, 15) is 13.2 Å². The molecule has 0 spiro atoms. The number of anilines is 1. The maximum atomic E-state index is 12.6. The quantitative estimate of drug-likeness (QED) is 0.744. The first kappa shape index (κ1) is 17.6. The third kappa shape index (κ3) is 4.27. The summed E-state index contributed by atoms with van der Waals surface area (Å²) in [4.78, 5) is 0. The van der Waals surface area contributed by atoms with Crippen molar-refractivity contribution in [1.29, 1.82) is 0 Å². The number of benzene rings is 2. The molecule has 0 amide bonds. The molecule has 3 rings (SSSR count). The van der Waals surface area contributed by atoms with E-state index in [-0.39, 0.29) is 0 Å². The highest BCUT2D eigenvalue weighted by atomic mass is 19.4. The molecule has 25 heavy (non-hydrogen) atoms. The molecule has 2 aromatic carbocycles. The summed E-state index contributed by atoms with van der Waals surface area (Å²) in [5, 5.41) is 3.17. The molecule has 2 atom stereocenters. The van der Waals surface area contributed by atoms with Crippen LogP contribution in [0.5, 0.6) is 5.75 Å². The molecule has 0 saturated heterocycles. The molecule has 0 radical (unpaired) electrons. The Labute approximate surface area is 146 Å². The molecule has 0 aromatic heterocycles. The molecule has 2 aromatic rings. The molecule has 1 N–H and O–H groups in total. The molecular weight excluding hydrogens is 327 g/mol. The van der Waals surface area contributed by atoms with Crippen molar-refractivity contribution in [2.75, 3.05) is 19.0 Å². The molecule has 5 heteroatoms. The fourth-order valence-corrected chi connectivity index (χ4v) is 3.11. The minimum Gasteiger partial charge on any atom is -0.496 e. The Kier molecular flexibility index (Phi) is 4.93. The molecule has 1 saturated carbocycles. The summed E-state index contributed by atoms with van der Waals surface area (Å²) in [6, 6.07) is 11.4. The van der Waals surface area contributed by atoms with Crippen molar-refractivity contribution in [1.82, 2.24) is 0 Å². The number of ether oxygens (including phenoxy) is 1. The van der Waals surface area contributed by atoms with E-state index in [0.29, 0.717) is 24.1 Å². The molecule has 2 nitrogen and oxygen atoms in total. The molecule has 0 bridgehead atoms. The van der Waals surface area contributed by atoms with Crippen LogP contribution in [0, 0.1) is 5.92 Å². The van der Waals surface area contributed by atoms with Crippen LogP contribution in [0.15, 0.2) is 42.5 Å². The topological polar surface area (TPSA) is 21.3 Å². The first-order chi connectivity index (χ1) is 11.9. The molecule has 0 heterocycles. The van der Waals surface area contributed by atoms with Crippen molar-refractivity contribution in [3.63, 3.8) is 0 Å². The van der Waals surface area contributed by atoms with Crippen LogP contribution in [0.2, 0.25) is 0 Å².